The number of aromatic nitrogens is 2. The van der Waals surface area contributed by atoms with Crippen LogP contribution < -0.4 is 10.1 Å². The SMILES string of the molecule is CNCCN(C)Cc1cnn(C)c1-c1ccc(OC(C)C)c(Cl)c1.O=C(O)C(F)(F)F. The van der Waals surface area contributed by atoms with Crippen LogP contribution in [0.4, 0.5) is 13.2 Å². The highest BCUT2D eigenvalue weighted by Crippen LogP contribution is 2.32. The first-order chi connectivity index (χ1) is 14.4. The molecule has 2 rings (SSSR count). The molecule has 0 radical (unpaired) electrons. The number of carbonyl (C=O) groups is 1. The van der Waals surface area contributed by atoms with Crippen molar-refractivity contribution in [3.63, 3.8) is 0 Å². The highest BCUT2D eigenvalue weighted by molar-refractivity contribution is 6.32. The summed E-state index contributed by atoms with van der Waals surface area (Å²) in [6.45, 7) is 6.76. The number of rotatable bonds is 8. The van der Waals surface area contributed by atoms with Gasteiger partial charge in [0.1, 0.15) is 5.75 Å². The summed E-state index contributed by atoms with van der Waals surface area (Å²) in [5.41, 5.74) is 3.32. The first kappa shape index (κ1) is 26.7. The van der Waals surface area contributed by atoms with Crippen LogP contribution in [-0.2, 0) is 18.4 Å². The van der Waals surface area contributed by atoms with Crippen molar-refractivity contribution in [3.05, 3.63) is 35.0 Å². The van der Waals surface area contributed by atoms with Gasteiger partial charge in [0.15, 0.2) is 0 Å². The average Bonchev–Trinajstić information content (AvgIpc) is 3.01. The van der Waals surface area contributed by atoms with Crippen molar-refractivity contribution in [2.45, 2.75) is 32.7 Å². The summed E-state index contributed by atoms with van der Waals surface area (Å²) >= 11 is 6.40. The van der Waals surface area contributed by atoms with Gasteiger partial charge >= 0.3 is 12.1 Å². The van der Waals surface area contributed by atoms with Crippen LogP contribution in [0.25, 0.3) is 11.3 Å². The molecule has 2 aromatic rings. The molecule has 1 aromatic heterocycles. The van der Waals surface area contributed by atoms with Gasteiger partial charge in [0.2, 0.25) is 0 Å². The summed E-state index contributed by atoms with van der Waals surface area (Å²) < 4.78 is 39.4. The highest BCUT2D eigenvalue weighted by atomic mass is 35.5. The van der Waals surface area contributed by atoms with Gasteiger partial charge in [-0.25, -0.2) is 4.79 Å². The standard InChI is InChI=1S/C18H27ClN4O.C2HF3O2/c1-13(2)24-17-7-6-14(10-16(17)19)18-15(11-21-23(18)5)12-22(4)9-8-20-3;3-2(4,5)1(6)7/h6-7,10-11,13,20H,8-9,12H2,1-5H3;(H,6,7). The minimum absolute atomic E-state index is 0.0986. The monoisotopic (exact) mass is 464 g/mol. The molecule has 0 saturated carbocycles. The summed E-state index contributed by atoms with van der Waals surface area (Å²) in [6, 6.07) is 5.92. The van der Waals surface area contributed by atoms with E-state index in [9.17, 15) is 13.2 Å². The molecule has 0 bridgehead atoms. The third kappa shape index (κ3) is 8.76. The van der Waals surface area contributed by atoms with E-state index in [1.165, 1.54) is 5.56 Å². The quantitative estimate of drug-likeness (QED) is 0.618. The molecule has 0 aliphatic heterocycles. The average molecular weight is 465 g/mol. The van der Waals surface area contributed by atoms with E-state index in [0.29, 0.717) is 10.8 Å². The van der Waals surface area contributed by atoms with Crippen LogP contribution in [0.1, 0.15) is 19.4 Å². The van der Waals surface area contributed by atoms with Crippen molar-refractivity contribution in [1.82, 2.24) is 20.0 Å². The Hall–Kier alpha value is -2.30. The van der Waals surface area contributed by atoms with Crippen LogP contribution in [-0.4, -0.2) is 65.2 Å². The van der Waals surface area contributed by atoms with Crippen molar-refractivity contribution in [3.8, 4) is 17.0 Å². The van der Waals surface area contributed by atoms with Gasteiger partial charge < -0.3 is 20.1 Å². The molecule has 1 heterocycles. The Kier molecular flexibility index (Phi) is 10.3. The largest absolute Gasteiger partial charge is 0.490 e. The van der Waals surface area contributed by atoms with Crippen LogP contribution >= 0.6 is 11.6 Å². The molecule has 11 heteroatoms. The summed E-state index contributed by atoms with van der Waals surface area (Å²) in [4.78, 5) is 11.2. The molecular weight excluding hydrogens is 437 g/mol. The van der Waals surface area contributed by atoms with Gasteiger partial charge in [0.05, 0.1) is 23.0 Å². The number of hydrogen-bond acceptors (Lipinski definition) is 5. The van der Waals surface area contributed by atoms with Crippen molar-refractivity contribution in [2.24, 2.45) is 7.05 Å². The predicted octanol–water partition coefficient (Wildman–Crippen LogP) is 3.81. The van der Waals surface area contributed by atoms with Crippen LogP contribution in [0.2, 0.25) is 5.02 Å². The lowest BCUT2D eigenvalue weighted by molar-refractivity contribution is -0.192. The van der Waals surface area contributed by atoms with E-state index in [2.05, 4.69) is 22.4 Å². The Morgan fingerprint density at radius 1 is 1.39 bits per heavy atom. The molecule has 1 aromatic carbocycles. The molecule has 0 saturated heterocycles. The van der Waals surface area contributed by atoms with E-state index in [1.807, 2.05) is 57.0 Å². The zero-order valence-electron chi connectivity index (χ0n) is 18.1. The Morgan fingerprint density at radius 3 is 2.48 bits per heavy atom. The minimum atomic E-state index is -5.08. The lowest BCUT2D eigenvalue weighted by Crippen LogP contribution is -2.27. The van der Waals surface area contributed by atoms with Gasteiger partial charge in [-0.15, -0.1) is 0 Å². The second-order valence-corrected chi connectivity index (χ2v) is 7.51. The van der Waals surface area contributed by atoms with Crippen molar-refractivity contribution < 1.29 is 27.8 Å². The van der Waals surface area contributed by atoms with Gasteiger partial charge in [-0.3, -0.25) is 4.68 Å². The number of hydrogen-bond donors (Lipinski definition) is 2. The molecular formula is C20H28ClF3N4O3. The lowest BCUT2D eigenvalue weighted by atomic mass is 10.1. The first-order valence-corrected chi connectivity index (χ1v) is 9.85. The molecule has 31 heavy (non-hydrogen) atoms. The van der Waals surface area contributed by atoms with Crippen molar-refractivity contribution >= 4 is 17.6 Å². The Balaban J connectivity index is 0.000000592. The number of ether oxygens (including phenoxy) is 1. The van der Waals surface area contributed by atoms with E-state index in [0.717, 1.165) is 30.9 Å². The summed E-state index contributed by atoms with van der Waals surface area (Å²) in [5.74, 6) is -2.04. The number of alkyl halides is 3. The number of carboxylic acid groups (broad SMARTS) is 1. The second kappa shape index (κ2) is 11.9. The van der Waals surface area contributed by atoms with Gasteiger partial charge in [0.25, 0.3) is 0 Å². The number of benzene rings is 1. The maximum Gasteiger partial charge on any atom is 0.490 e. The number of nitrogens with zero attached hydrogens (tertiary/aromatic N) is 3. The molecule has 0 atom stereocenters. The van der Waals surface area contributed by atoms with E-state index >= 15 is 0 Å². The minimum Gasteiger partial charge on any atom is -0.489 e. The Morgan fingerprint density at radius 2 is 2.00 bits per heavy atom. The van der Waals surface area contributed by atoms with E-state index in [4.69, 9.17) is 26.2 Å². The fourth-order valence-corrected chi connectivity index (χ4v) is 2.87. The van der Waals surface area contributed by atoms with Crippen LogP contribution in [0.3, 0.4) is 0 Å². The van der Waals surface area contributed by atoms with Gasteiger partial charge in [0, 0.05) is 37.8 Å². The fourth-order valence-electron chi connectivity index (χ4n) is 2.64. The number of nitrogens with one attached hydrogen (secondary N) is 1. The van der Waals surface area contributed by atoms with Gasteiger partial charge in [-0.2, -0.15) is 18.3 Å². The Labute approximate surface area is 184 Å². The molecule has 0 aliphatic carbocycles. The molecule has 7 nitrogen and oxygen atoms in total. The number of aliphatic carboxylic acids is 1. The van der Waals surface area contributed by atoms with Crippen LogP contribution in [0.5, 0.6) is 5.75 Å². The normalized spacial score (nSPS) is 11.5. The maximum atomic E-state index is 10.6. The zero-order valence-corrected chi connectivity index (χ0v) is 18.9. The number of carboxylic acids is 1. The van der Waals surface area contributed by atoms with Gasteiger partial charge in [-0.05, 0) is 46.1 Å². The van der Waals surface area contributed by atoms with E-state index < -0.39 is 12.1 Å². The third-order valence-corrected chi connectivity index (χ3v) is 4.30. The number of aryl methyl sites for hydroxylation is 1. The zero-order chi connectivity index (χ0) is 23.8. The van der Waals surface area contributed by atoms with E-state index in [1.54, 1.807) is 0 Å². The molecule has 174 valence electrons. The van der Waals surface area contributed by atoms with Crippen LogP contribution in [0, 0.1) is 0 Å². The highest BCUT2D eigenvalue weighted by Gasteiger charge is 2.38. The molecule has 0 aliphatic rings. The molecule has 0 spiro atoms. The third-order valence-electron chi connectivity index (χ3n) is 4.01. The smallest absolute Gasteiger partial charge is 0.489 e. The summed E-state index contributed by atoms with van der Waals surface area (Å²) in [6.07, 6.45) is -3.06. The van der Waals surface area contributed by atoms with Gasteiger partial charge in [-0.1, -0.05) is 11.6 Å². The molecule has 0 amide bonds. The van der Waals surface area contributed by atoms with Crippen LogP contribution in [0.15, 0.2) is 24.4 Å². The first-order valence-electron chi connectivity index (χ1n) is 9.47. The molecule has 2 N–H and O–H groups in total. The lowest BCUT2D eigenvalue weighted by Gasteiger charge is -2.17. The second-order valence-electron chi connectivity index (χ2n) is 7.10. The molecule has 0 fully saturated rings. The number of likely N-dealkylation sites (N-methyl/N-ethyl adjacent to an activating group) is 2. The fraction of sp³-hybridized carbons (Fsp3) is 0.500. The van der Waals surface area contributed by atoms with E-state index in [-0.39, 0.29) is 6.10 Å². The predicted molar refractivity (Wildman–Crippen MR) is 113 cm³/mol. The number of halogens is 4. The summed E-state index contributed by atoms with van der Waals surface area (Å²) in [5, 5.41) is 15.3. The summed E-state index contributed by atoms with van der Waals surface area (Å²) in [7, 11) is 6.03. The topological polar surface area (TPSA) is 79.6 Å². The Bertz CT molecular complexity index is 857. The maximum absolute atomic E-state index is 10.6. The van der Waals surface area contributed by atoms with Crippen molar-refractivity contribution in [2.75, 3.05) is 27.2 Å². The van der Waals surface area contributed by atoms with Crippen molar-refractivity contribution in [1.29, 1.82) is 0 Å². The molecule has 0 unspecified atom stereocenters.